The molecule has 122 valence electrons. The van der Waals surface area contributed by atoms with Crippen molar-refractivity contribution >= 4 is 5.91 Å². The average molecular weight is 305 g/mol. The molecule has 1 fully saturated rings. The molecule has 1 aliphatic carbocycles. The number of amides is 1. The smallest absolute Gasteiger partial charge is 0.223 e. The Morgan fingerprint density at radius 1 is 1.41 bits per heavy atom. The summed E-state index contributed by atoms with van der Waals surface area (Å²) in [6, 6.07) is 7.93. The van der Waals surface area contributed by atoms with E-state index in [4.69, 9.17) is 4.74 Å². The number of aliphatic hydroxyl groups excluding tert-OH is 1. The van der Waals surface area contributed by atoms with Crippen molar-refractivity contribution in [3.63, 3.8) is 0 Å². The van der Waals surface area contributed by atoms with Gasteiger partial charge in [0.25, 0.3) is 0 Å². The second-order valence-electron chi connectivity index (χ2n) is 6.69. The van der Waals surface area contributed by atoms with Crippen LogP contribution in [0.1, 0.15) is 51.5 Å². The molecule has 22 heavy (non-hydrogen) atoms. The Bertz CT molecular complexity index is 511. The summed E-state index contributed by atoms with van der Waals surface area (Å²) in [6.45, 7) is 6.49. The number of aliphatic hydroxyl groups is 1. The van der Waals surface area contributed by atoms with Crippen LogP contribution in [-0.2, 0) is 4.79 Å². The lowest BCUT2D eigenvalue weighted by molar-refractivity contribution is -0.124. The van der Waals surface area contributed by atoms with Crippen LogP contribution in [0.5, 0.6) is 5.75 Å². The third-order valence-corrected chi connectivity index (χ3v) is 4.36. The van der Waals surface area contributed by atoms with Crippen LogP contribution in [0.25, 0.3) is 0 Å². The standard InChI is InChI=1S/C18H27NO3/c1-13(2)15-6-4-5-7-16(15)22-11-10-17(21)19-18(3,12-20)14-8-9-14/h4-7,13-14,20H,8-12H2,1-3H3,(H,19,21). The zero-order chi connectivity index (χ0) is 16.2. The molecule has 2 N–H and O–H groups in total. The molecule has 1 atom stereocenters. The van der Waals surface area contributed by atoms with Crippen LogP contribution >= 0.6 is 0 Å². The van der Waals surface area contributed by atoms with Gasteiger partial charge in [-0.3, -0.25) is 4.79 Å². The van der Waals surface area contributed by atoms with Gasteiger partial charge in [-0.2, -0.15) is 0 Å². The van der Waals surface area contributed by atoms with E-state index in [1.54, 1.807) is 0 Å². The largest absolute Gasteiger partial charge is 0.493 e. The monoisotopic (exact) mass is 305 g/mol. The number of benzene rings is 1. The number of hydrogen-bond donors (Lipinski definition) is 2. The van der Waals surface area contributed by atoms with E-state index >= 15 is 0 Å². The van der Waals surface area contributed by atoms with Gasteiger partial charge in [-0.15, -0.1) is 0 Å². The van der Waals surface area contributed by atoms with Gasteiger partial charge in [-0.1, -0.05) is 32.0 Å². The van der Waals surface area contributed by atoms with Gasteiger partial charge in [0.15, 0.2) is 0 Å². The Morgan fingerprint density at radius 2 is 2.09 bits per heavy atom. The van der Waals surface area contributed by atoms with Crippen LogP contribution in [0.4, 0.5) is 0 Å². The van der Waals surface area contributed by atoms with Gasteiger partial charge in [0.1, 0.15) is 5.75 Å². The molecule has 0 aliphatic heterocycles. The Labute approximate surface area is 132 Å². The molecular weight excluding hydrogens is 278 g/mol. The first-order chi connectivity index (χ1) is 10.5. The highest BCUT2D eigenvalue weighted by Gasteiger charge is 2.41. The van der Waals surface area contributed by atoms with E-state index in [1.165, 1.54) is 0 Å². The van der Waals surface area contributed by atoms with E-state index in [0.717, 1.165) is 24.2 Å². The number of hydrogen-bond acceptors (Lipinski definition) is 3. The summed E-state index contributed by atoms with van der Waals surface area (Å²) in [5.74, 6) is 1.57. The van der Waals surface area contributed by atoms with E-state index in [2.05, 4.69) is 25.2 Å². The van der Waals surface area contributed by atoms with Crippen LogP contribution in [0.2, 0.25) is 0 Å². The highest BCUT2D eigenvalue weighted by atomic mass is 16.5. The lowest BCUT2D eigenvalue weighted by atomic mass is 9.97. The number of para-hydroxylation sites is 1. The summed E-state index contributed by atoms with van der Waals surface area (Å²) >= 11 is 0. The van der Waals surface area contributed by atoms with Crippen LogP contribution in [0, 0.1) is 5.92 Å². The number of rotatable bonds is 8. The number of nitrogens with one attached hydrogen (secondary N) is 1. The average Bonchev–Trinajstić information content (AvgIpc) is 3.32. The molecule has 2 rings (SSSR count). The quantitative estimate of drug-likeness (QED) is 0.776. The fraction of sp³-hybridized carbons (Fsp3) is 0.611. The molecule has 1 aromatic rings. The van der Waals surface area contributed by atoms with Crippen molar-refractivity contribution in [2.75, 3.05) is 13.2 Å². The molecule has 0 spiro atoms. The molecule has 0 radical (unpaired) electrons. The third kappa shape index (κ3) is 4.23. The number of carbonyl (C=O) groups excluding carboxylic acids is 1. The summed E-state index contributed by atoms with van der Waals surface area (Å²) < 4.78 is 5.77. The lowest BCUT2D eigenvalue weighted by Crippen LogP contribution is -2.51. The van der Waals surface area contributed by atoms with Gasteiger partial charge in [-0.05, 0) is 43.2 Å². The van der Waals surface area contributed by atoms with E-state index in [1.807, 2.05) is 25.1 Å². The van der Waals surface area contributed by atoms with Gasteiger partial charge < -0.3 is 15.2 Å². The summed E-state index contributed by atoms with van der Waals surface area (Å²) in [5.41, 5.74) is 0.675. The third-order valence-electron chi connectivity index (χ3n) is 4.36. The lowest BCUT2D eigenvalue weighted by Gasteiger charge is -2.28. The zero-order valence-corrected chi connectivity index (χ0v) is 13.8. The molecule has 0 aromatic heterocycles. The summed E-state index contributed by atoms with van der Waals surface area (Å²) in [5, 5.41) is 12.5. The minimum absolute atomic E-state index is 0.0134. The van der Waals surface area contributed by atoms with Gasteiger partial charge in [0.05, 0.1) is 25.2 Å². The minimum Gasteiger partial charge on any atom is -0.493 e. The van der Waals surface area contributed by atoms with Crippen molar-refractivity contribution in [1.29, 1.82) is 0 Å². The Kier molecular flexibility index (Phi) is 5.46. The van der Waals surface area contributed by atoms with Gasteiger partial charge in [0.2, 0.25) is 5.91 Å². The molecule has 1 aliphatic rings. The second-order valence-corrected chi connectivity index (χ2v) is 6.69. The van der Waals surface area contributed by atoms with Crippen LogP contribution in [0.15, 0.2) is 24.3 Å². The van der Waals surface area contributed by atoms with E-state index in [0.29, 0.717) is 24.9 Å². The van der Waals surface area contributed by atoms with Gasteiger partial charge in [0, 0.05) is 0 Å². The molecule has 0 heterocycles. The molecule has 0 saturated heterocycles. The topological polar surface area (TPSA) is 58.6 Å². The predicted octanol–water partition coefficient (Wildman–Crippen LogP) is 2.86. The summed E-state index contributed by atoms with van der Waals surface area (Å²) in [7, 11) is 0. The van der Waals surface area contributed by atoms with E-state index in [-0.39, 0.29) is 12.5 Å². The Morgan fingerprint density at radius 3 is 2.68 bits per heavy atom. The Hall–Kier alpha value is -1.55. The van der Waals surface area contributed by atoms with Gasteiger partial charge >= 0.3 is 0 Å². The highest BCUT2D eigenvalue weighted by Crippen LogP contribution is 2.39. The number of ether oxygens (including phenoxy) is 1. The normalized spacial score (nSPS) is 17.1. The number of carbonyl (C=O) groups is 1. The first kappa shape index (κ1) is 16.8. The predicted molar refractivity (Wildman–Crippen MR) is 87.0 cm³/mol. The molecule has 4 heteroatoms. The van der Waals surface area contributed by atoms with Gasteiger partial charge in [-0.25, -0.2) is 0 Å². The fourth-order valence-electron chi connectivity index (χ4n) is 2.71. The zero-order valence-electron chi connectivity index (χ0n) is 13.8. The van der Waals surface area contributed by atoms with Crippen molar-refractivity contribution in [3.05, 3.63) is 29.8 Å². The summed E-state index contributed by atoms with van der Waals surface area (Å²) in [4.78, 5) is 12.1. The molecule has 0 bridgehead atoms. The molecule has 1 saturated carbocycles. The van der Waals surface area contributed by atoms with Crippen molar-refractivity contribution < 1.29 is 14.6 Å². The first-order valence-electron chi connectivity index (χ1n) is 8.10. The van der Waals surface area contributed by atoms with E-state index < -0.39 is 5.54 Å². The van der Waals surface area contributed by atoms with Crippen molar-refractivity contribution in [1.82, 2.24) is 5.32 Å². The van der Waals surface area contributed by atoms with Crippen molar-refractivity contribution in [2.45, 2.75) is 51.5 Å². The van der Waals surface area contributed by atoms with Crippen molar-refractivity contribution in [2.24, 2.45) is 5.92 Å². The Balaban J connectivity index is 1.82. The maximum atomic E-state index is 12.1. The molecular formula is C18H27NO3. The van der Waals surface area contributed by atoms with E-state index in [9.17, 15) is 9.90 Å². The summed E-state index contributed by atoms with van der Waals surface area (Å²) in [6.07, 6.45) is 2.46. The molecule has 1 aromatic carbocycles. The maximum absolute atomic E-state index is 12.1. The molecule has 1 amide bonds. The van der Waals surface area contributed by atoms with Crippen LogP contribution in [-0.4, -0.2) is 29.8 Å². The minimum atomic E-state index is -0.479. The van der Waals surface area contributed by atoms with Crippen molar-refractivity contribution in [3.8, 4) is 5.75 Å². The second kappa shape index (κ2) is 7.14. The SMILES string of the molecule is CC(C)c1ccccc1OCCC(=O)NC(C)(CO)C1CC1. The molecule has 4 nitrogen and oxygen atoms in total. The fourth-order valence-corrected chi connectivity index (χ4v) is 2.71. The highest BCUT2D eigenvalue weighted by molar-refractivity contribution is 5.77. The first-order valence-corrected chi connectivity index (χ1v) is 8.10. The maximum Gasteiger partial charge on any atom is 0.223 e. The van der Waals surface area contributed by atoms with Crippen LogP contribution < -0.4 is 10.1 Å². The molecule has 1 unspecified atom stereocenters. The van der Waals surface area contributed by atoms with Crippen LogP contribution in [0.3, 0.4) is 0 Å².